The van der Waals surface area contributed by atoms with Crippen LogP contribution in [0.4, 0.5) is 102 Å². The van der Waals surface area contributed by atoms with E-state index in [-0.39, 0.29) is 0 Å². The molecule has 0 saturated heterocycles. The van der Waals surface area contributed by atoms with E-state index in [1.807, 2.05) is 214 Å². The zero-order valence-electron chi connectivity index (χ0n) is 50.9. The van der Waals surface area contributed by atoms with Gasteiger partial charge in [0, 0.05) is 0 Å². The summed E-state index contributed by atoms with van der Waals surface area (Å²) in [4.78, 5) is 17.8. The van der Waals surface area contributed by atoms with Crippen LogP contribution in [0.2, 0.25) is 0 Å². The standard InChI is InChI=1S/C62H48N10.2Pt/c1-63-41-67(59-29-9-5-25-55(59)63)47-17-13-21-51(37-47)71(52-22-14-18-48(38-52)68-42-64(2)56-26-6-10-30-60(56)68)45-33-35-46(36-34-45)72(53-23-15-19-49(39-53)69-43-65(3)57-27-7-11-31-61(57)69)54-24-16-20-50(40-54)70-44-66(4)58-28-8-12-32-62(58)70;;/h5-40H,1-4H3;;/i1D3,2D3,3D3,4D3;;. The molecular formula is C62H48N10Pt2. The first-order chi connectivity index (χ1) is 41.2. The molecular weight excluding hydrogens is 1270 g/mol. The number of hydrogen-bond acceptors (Lipinski definition) is 10. The molecule has 0 aliphatic carbocycles. The van der Waals surface area contributed by atoms with Crippen LogP contribution in [-0.2, 0) is 35.3 Å². The fourth-order valence-electron chi connectivity index (χ4n) is 10.6. The number of benzene rings is 9. The van der Waals surface area contributed by atoms with E-state index in [2.05, 4.69) is 9.80 Å². The number of hydrogen-bond donors (Lipinski definition) is 0. The molecule has 0 N–H and O–H groups in total. The van der Waals surface area contributed by atoms with E-state index in [0.717, 1.165) is 34.1 Å². The molecule has 0 unspecified atom stereocenters. The zero-order chi connectivity index (χ0) is 59.3. The Labute approximate surface area is 463 Å². The number of nitrogens with zero attached hydrogens (tertiary/aromatic N) is 10. The van der Waals surface area contributed by atoms with Gasteiger partial charge in [-0.1, -0.05) is 0 Å². The topological polar surface area (TPSA) is 32.4 Å². The Morgan fingerprint density at radius 3 is 0.676 bits per heavy atom. The van der Waals surface area contributed by atoms with Crippen molar-refractivity contribution < 1.29 is 51.7 Å². The first-order valence-corrected chi connectivity index (χ1v) is 28.3. The van der Waals surface area contributed by atoms with Gasteiger partial charge in [-0.3, -0.25) is 0 Å². The summed E-state index contributed by atoms with van der Waals surface area (Å²) in [5.74, 6) is 0. The molecule has 0 amide bonds. The Balaban J connectivity index is 0.929. The van der Waals surface area contributed by atoms with Gasteiger partial charge in [-0.25, -0.2) is 0 Å². The summed E-state index contributed by atoms with van der Waals surface area (Å²) in [5.41, 5.74) is 11.9. The third-order valence-corrected chi connectivity index (χ3v) is 20.0. The molecule has 12 heteroatoms. The van der Waals surface area contributed by atoms with E-state index in [9.17, 15) is 0 Å². The Morgan fingerprint density at radius 2 is 0.446 bits per heavy atom. The second-order valence-electron chi connectivity index (χ2n) is 18.0. The van der Waals surface area contributed by atoms with Gasteiger partial charge >= 0.3 is 466 Å². The molecule has 10 nitrogen and oxygen atoms in total. The van der Waals surface area contributed by atoms with Crippen LogP contribution < -0.4 is 49.0 Å². The second-order valence-corrected chi connectivity index (χ2v) is 23.2. The first-order valence-electron chi connectivity index (χ1n) is 29.8. The van der Waals surface area contributed by atoms with Gasteiger partial charge in [0.05, 0.1) is 0 Å². The molecule has 0 radical (unpaired) electrons. The number of anilines is 18. The predicted molar refractivity (Wildman–Crippen MR) is 304 cm³/mol. The van der Waals surface area contributed by atoms with Crippen LogP contribution in [0, 0.1) is 0 Å². The van der Waals surface area contributed by atoms with Crippen LogP contribution in [-0.4, -0.2) is 44.5 Å². The van der Waals surface area contributed by atoms with Crippen molar-refractivity contribution in [3.63, 3.8) is 0 Å². The minimum atomic E-state index is -2.64. The van der Waals surface area contributed by atoms with E-state index in [4.69, 9.17) is 16.4 Å². The number of fused-ring (bicyclic) bond motifs is 24. The van der Waals surface area contributed by atoms with Crippen LogP contribution in [0.1, 0.15) is 16.4 Å². The van der Waals surface area contributed by atoms with Gasteiger partial charge in [-0.2, -0.15) is 0 Å². The molecule has 6 aliphatic rings. The van der Waals surface area contributed by atoms with Gasteiger partial charge in [-0.15, -0.1) is 0 Å². The Kier molecular flexibility index (Phi) is 7.40. The van der Waals surface area contributed by atoms with Crippen molar-refractivity contribution in [2.75, 3.05) is 76.9 Å². The van der Waals surface area contributed by atoms with Crippen molar-refractivity contribution in [3.8, 4) is 0 Å². The number of para-hydroxylation sites is 8. The molecule has 6 aliphatic heterocycles. The summed E-state index contributed by atoms with van der Waals surface area (Å²) in [7, 11) is 0. The average Bonchev–Trinajstić information content (AvgIpc) is 1.99. The molecule has 9 aromatic carbocycles. The summed E-state index contributed by atoms with van der Waals surface area (Å²) >= 11 is -3.28. The molecule has 0 spiro atoms. The molecule has 8 bridgehead atoms. The molecule has 0 aromatic heterocycles. The van der Waals surface area contributed by atoms with Crippen LogP contribution in [0.15, 0.2) is 218 Å². The maximum absolute atomic E-state index is 9.03. The summed E-state index contributed by atoms with van der Waals surface area (Å²) < 4.78 is 110. The van der Waals surface area contributed by atoms with Crippen molar-refractivity contribution in [3.05, 3.63) is 218 Å². The molecule has 74 heavy (non-hydrogen) atoms. The molecule has 9 aromatic rings. The van der Waals surface area contributed by atoms with Crippen LogP contribution in [0.5, 0.6) is 0 Å². The molecule has 0 saturated carbocycles. The van der Waals surface area contributed by atoms with E-state index in [0.29, 0.717) is 84.8 Å². The van der Waals surface area contributed by atoms with E-state index in [1.165, 1.54) is 19.6 Å². The van der Waals surface area contributed by atoms with Crippen molar-refractivity contribution in [2.45, 2.75) is 0 Å². The quantitative estimate of drug-likeness (QED) is 0.167. The Morgan fingerprint density at radius 1 is 0.230 bits per heavy atom. The Hall–Kier alpha value is -8.16. The number of rotatable bonds is 2. The fraction of sp³-hybridized carbons (Fsp3) is 0.0645. The molecule has 0 fully saturated rings. The van der Waals surface area contributed by atoms with E-state index < -0.39 is 63.2 Å². The van der Waals surface area contributed by atoms with E-state index >= 15 is 0 Å². The predicted octanol–water partition coefficient (Wildman–Crippen LogP) is 13.5. The molecule has 0 atom stereocenters. The maximum atomic E-state index is 9.03. The van der Waals surface area contributed by atoms with Crippen molar-refractivity contribution >= 4 is 119 Å². The third-order valence-electron chi connectivity index (χ3n) is 13.9. The summed E-state index contributed by atoms with van der Waals surface area (Å²) in [6.07, 6.45) is 0. The summed E-state index contributed by atoms with van der Waals surface area (Å²) in [5, 5.41) is 0. The second kappa shape index (κ2) is 16.7. The van der Waals surface area contributed by atoms with Gasteiger partial charge in [0.15, 0.2) is 0 Å². The minimum absolute atomic E-state index is 0.467. The van der Waals surface area contributed by atoms with Crippen LogP contribution in [0.3, 0.4) is 0 Å². The van der Waals surface area contributed by atoms with Crippen molar-refractivity contribution in [1.82, 2.24) is 0 Å². The summed E-state index contributed by atoms with van der Waals surface area (Å²) in [6.45, 7) is -10.6. The SMILES string of the molecule is [2H]C([2H])([2H])N1[C]2=[Pt]=[C]3N(c4cccc(c4)N(c4ccc(N5c6cccc(c6)N6[C](=[Pt]=[C]7N(c8cccc5c8)c5ccccc5N7C([2H])([2H])[2H])N(C([2H])([2H])[2H])c5ccccc56)cc4)c4cccc(c4)N2c2ccccc21)c1ccccc1N3C([2H])([2H])[2H]. The van der Waals surface area contributed by atoms with E-state index in [1.54, 1.807) is 24.3 Å². The zero-order valence-corrected chi connectivity index (χ0v) is 43.4. The average molecular weight is 1340 g/mol. The summed E-state index contributed by atoms with van der Waals surface area (Å²) in [6, 6.07) is 69.7. The molecule has 6 heterocycles. The molecule has 366 valence electrons. The van der Waals surface area contributed by atoms with Gasteiger partial charge < -0.3 is 0 Å². The first kappa shape index (κ1) is 32.8. The third kappa shape index (κ3) is 6.44. The van der Waals surface area contributed by atoms with Gasteiger partial charge in [-0.05, 0) is 0 Å². The van der Waals surface area contributed by atoms with Crippen molar-refractivity contribution in [1.29, 1.82) is 0 Å². The monoisotopic (exact) mass is 1330 g/mol. The fourth-order valence-corrected chi connectivity index (χ4v) is 16.9. The van der Waals surface area contributed by atoms with Gasteiger partial charge in [0.25, 0.3) is 0 Å². The normalized spacial score (nSPS) is 19.2. The van der Waals surface area contributed by atoms with Crippen molar-refractivity contribution in [2.24, 2.45) is 0 Å². The Bertz CT molecular complexity index is 3930. The van der Waals surface area contributed by atoms with Crippen LogP contribution in [0.25, 0.3) is 0 Å². The van der Waals surface area contributed by atoms with Gasteiger partial charge in [0.1, 0.15) is 0 Å². The van der Waals surface area contributed by atoms with Gasteiger partial charge in [0.2, 0.25) is 0 Å². The molecule has 15 rings (SSSR count). The van der Waals surface area contributed by atoms with Crippen LogP contribution >= 0.6 is 0 Å².